The molecule has 22 heavy (non-hydrogen) atoms. The summed E-state index contributed by atoms with van der Waals surface area (Å²) >= 11 is 0. The second-order valence-corrected chi connectivity index (χ2v) is 3.43. The third kappa shape index (κ3) is 60.2. The first-order valence-electron chi connectivity index (χ1n) is 5.27. The fraction of sp³-hybridized carbons (Fsp3) is 0.545. The van der Waals surface area contributed by atoms with Gasteiger partial charge in [0, 0.05) is 24.8 Å². The summed E-state index contributed by atoms with van der Waals surface area (Å²) < 4.78 is 0. The number of carboxylic acid groups (broad SMARTS) is 3. The second-order valence-electron chi connectivity index (χ2n) is 3.43. The number of ketones is 2. The van der Waals surface area contributed by atoms with Crippen molar-refractivity contribution in [1.82, 2.24) is 5.32 Å². The van der Waals surface area contributed by atoms with Crippen LogP contribution in [-0.4, -0.2) is 48.2 Å². The quantitative estimate of drug-likeness (QED) is 0.354. The van der Waals surface area contributed by atoms with Crippen LogP contribution in [0.5, 0.6) is 0 Å². The maximum absolute atomic E-state index is 9.83. The van der Waals surface area contributed by atoms with Gasteiger partial charge in [-0.3, -0.25) is 14.4 Å². The molecule has 116 valence electrons. The summed E-state index contributed by atoms with van der Waals surface area (Å²) in [7, 11) is 1.59. The molecule has 0 saturated heterocycles. The zero-order valence-corrected chi connectivity index (χ0v) is 17.4. The molecule has 0 unspecified atom stereocenters. The Morgan fingerprint density at radius 1 is 0.864 bits per heavy atom. The SMILES string of the molecule is CC(=O)CC(=O)[O-].CC(=O)CC(=O)[O-].CNCC(=O)O.[Na+].[Na+]. The molecule has 0 fully saturated rings. The Kier molecular flexibility index (Phi) is 34.8. The van der Waals surface area contributed by atoms with E-state index in [0.717, 1.165) is 0 Å². The van der Waals surface area contributed by atoms with Crippen LogP contribution in [0.3, 0.4) is 0 Å². The molecule has 0 bridgehead atoms. The molecule has 0 rings (SSSR count). The molecule has 11 heteroatoms. The zero-order chi connectivity index (χ0) is 16.7. The molecule has 0 atom stereocenters. The first-order chi connectivity index (χ1) is 9.02. The predicted octanol–water partition coefficient (Wildman–Crippen LogP) is -9.27. The van der Waals surface area contributed by atoms with Gasteiger partial charge in [0.2, 0.25) is 0 Å². The molecule has 0 spiro atoms. The van der Waals surface area contributed by atoms with E-state index >= 15 is 0 Å². The van der Waals surface area contributed by atoms with Gasteiger partial charge in [-0.2, -0.15) is 0 Å². The van der Waals surface area contributed by atoms with Gasteiger partial charge >= 0.3 is 65.1 Å². The van der Waals surface area contributed by atoms with E-state index in [-0.39, 0.29) is 77.2 Å². The summed E-state index contributed by atoms with van der Waals surface area (Å²) in [4.78, 5) is 48.2. The van der Waals surface area contributed by atoms with Crippen molar-refractivity contribution in [2.45, 2.75) is 26.7 Å². The van der Waals surface area contributed by atoms with Crippen LogP contribution in [0.25, 0.3) is 0 Å². The van der Waals surface area contributed by atoms with Crippen molar-refractivity contribution >= 4 is 29.5 Å². The summed E-state index contributed by atoms with van der Waals surface area (Å²) in [5, 5.41) is 29.3. The summed E-state index contributed by atoms with van der Waals surface area (Å²) in [5.74, 6) is -4.20. The number of aliphatic carboxylic acids is 3. The molecule has 9 nitrogen and oxygen atoms in total. The van der Waals surface area contributed by atoms with Crippen molar-refractivity contribution < 1.29 is 98.4 Å². The van der Waals surface area contributed by atoms with Crippen molar-refractivity contribution in [3.63, 3.8) is 0 Å². The largest absolute Gasteiger partial charge is 1.00 e. The van der Waals surface area contributed by atoms with Crippen LogP contribution < -0.4 is 74.6 Å². The van der Waals surface area contributed by atoms with Crippen LogP contribution in [0.2, 0.25) is 0 Å². The molecule has 0 saturated carbocycles. The Balaban J connectivity index is -0.0000000630. The van der Waals surface area contributed by atoms with Crippen molar-refractivity contribution in [3.8, 4) is 0 Å². The van der Waals surface area contributed by atoms with Crippen LogP contribution in [0.1, 0.15) is 26.7 Å². The van der Waals surface area contributed by atoms with E-state index in [0.29, 0.717) is 0 Å². The Morgan fingerprint density at radius 3 is 1.14 bits per heavy atom. The maximum atomic E-state index is 9.83. The molecule has 0 aliphatic heterocycles. The first-order valence-corrected chi connectivity index (χ1v) is 5.27. The topological polar surface area (TPSA) is 164 Å². The van der Waals surface area contributed by atoms with Gasteiger partial charge in [-0.15, -0.1) is 0 Å². The van der Waals surface area contributed by atoms with Gasteiger partial charge in [0.05, 0.1) is 6.54 Å². The van der Waals surface area contributed by atoms with Crippen LogP contribution >= 0.6 is 0 Å². The van der Waals surface area contributed by atoms with E-state index in [4.69, 9.17) is 5.11 Å². The van der Waals surface area contributed by atoms with E-state index in [1.807, 2.05) is 0 Å². The summed E-state index contributed by atoms with van der Waals surface area (Å²) in [5.41, 5.74) is 0. The van der Waals surface area contributed by atoms with Gasteiger partial charge in [0.1, 0.15) is 11.6 Å². The summed E-state index contributed by atoms with van der Waals surface area (Å²) in [6, 6.07) is 0. The number of rotatable bonds is 6. The monoisotopic (exact) mass is 337 g/mol. The second kappa shape index (κ2) is 23.0. The summed E-state index contributed by atoms with van der Waals surface area (Å²) in [6.07, 6.45) is -0.944. The maximum Gasteiger partial charge on any atom is 1.00 e. The molecule has 0 aromatic heterocycles. The third-order valence-electron chi connectivity index (χ3n) is 1.11. The molecule has 0 aromatic carbocycles. The van der Waals surface area contributed by atoms with Gasteiger partial charge in [-0.05, 0) is 20.9 Å². The minimum Gasteiger partial charge on any atom is -0.550 e. The van der Waals surface area contributed by atoms with Crippen LogP contribution in [-0.2, 0) is 24.0 Å². The number of hydrogen-bond acceptors (Lipinski definition) is 8. The van der Waals surface area contributed by atoms with Gasteiger partial charge in [0.25, 0.3) is 0 Å². The standard InChI is InChI=1S/2C4H6O3.C3H7NO2.2Na/c2*1-3(5)2-4(6)7;1-4-2-3(5)6;;/h2*2H2,1H3,(H,6,7);4H,2H2,1H3,(H,5,6);;/q;;;2*+1/p-2. The van der Waals surface area contributed by atoms with E-state index in [1.165, 1.54) is 13.8 Å². The number of carbonyl (C=O) groups excluding carboxylic acids is 4. The van der Waals surface area contributed by atoms with Gasteiger partial charge in [-0.1, -0.05) is 0 Å². The molecule has 0 radical (unpaired) electrons. The average Bonchev–Trinajstić information content (AvgIpc) is 2.13. The number of nitrogens with one attached hydrogen (secondary N) is 1. The number of likely N-dealkylation sites (N-methyl/N-ethyl adjacent to an activating group) is 1. The van der Waals surface area contributed by atoms with Crippen LogP contribution in [0, 0.1) is 0 Å². The molecular weight excluding hydrogens is 320 g/mol. The Hall–Kier alpha value is -0.290. The Morgan fingerprint density at radius 2 is 1.14 bits per heavy atom. The average molecular weight is 337 g/mol. The van der Waals surface area contributed by atoms with E-state index < -0.39 is 30.7 Å². The normalized spacial score (nSPS) is 7.41. The molecule has 0 amide bonds. The van der Waals surface area contributed by atoms with E-state index in [1.54, 1.807) is 7.05 Å². The fourth-order valence-corrected chi connectivity index (χ4v) is 0.558. The van der Waals surface area contributed by atoms with Crippen LogP contribution in [0.15, 0.2) is 0 Å². The molecule has 0 aromatic rings. The summed E-state index contributed by atoms with van der Waals surface area (Å²) in [6.45, 7) is 2.45. The van der Waals surface area contributed by atoms with Gasteiger partial charge in [0.15, 0.2) is 0 Å². The number of hydrogen-bond donors (Lipinski definition) is 2. The third-order valence-corrected chi connectivity index (χ3v) is 1.11. The molecule has 0 aliphatic carbocycles. The number of carbonyl (C=O) groups is 5. The van der Waals surface area contributed by atoms with Crippen molar-refractivity contribution in [1.29, 1.82) is 0 Å². The van der Waals surface area contributed by atoms with Crippen molar-refractivity contribution in [2.24, 2.45) is 0 Å². The molecule has 2 N–H and O–H groups in total. The van der Waals surface area contributed by atoms with E-state index in [2.05, 4.69) is 5.32 Å². The smallest absolute Gasteiger partial charge is 0.550 e. The Labute approximate surface area is 172 Å². The first kappa shape index (κ1) is 33.3. The minimum atomic E-state index is -1.31. The van der Waals surface area contributed by atoms with Crippen molar-refractivity contribution in [2.75, 3.05) is 13.6 Å². The van der Waals surface area contributed by atoms with Crippen LogP contribution in [0.4, 0.5) is 0 Å². The zero-order valence-electron chi connectivity index (χ0n) is 13.4. The Bertz CT molecular complexity index is 310. The molecular formula is C11H17NNa2O8. The fourth-order valence-electron chi connectivity index (χ4n) is 0.558. The molecule has 0 aliphatic rings. The van der Waals surface area contributed by atoms with E-state index in [9.17, 15) is 34.2 Å². The van der Waals surface area contributed by atoms with Crippen molar-refractivity contribution in [3.05, 3.63) is 0 Å². The van der Waals surface area contributed by atoms with Gasteiger partial charge in [-0.25, -0.2) is 0 Å². The number of Topliss-reactive ketones (excluding diaryl/α,β-unsaturated/α-hetero) is 2. The number of carboxylic acids is 3. The van der Waals surface area contributed by atoms with Gasteiger partial charge < -0.3 is 30.2 Å². The minimum absolute atomic E-state index is 0. The molecule has 0 heterocycles. The predicted molar refractivity (Wildman–Crippen MR) is 62.2 cm³/mol.